The fourth-order valence-electron chi connectivity index (χ4n) is 1.82. The molecular formula is C14H18F3NO3. The van der Waals surface area contributed by atoms with Gasteiger partial charge in [-0.3, -0.25) is 0 Å². The fraction of sp³-hybridized carbons (Fsp3) is 0.500. The summed E-state index contributed by atoms with van der Waals surface area (Å²) in [6.07, 6.45) is -3.15. The second-order valence-electron chi connectivity index (χ2n) is 4.92. The number of rotatable bonds is 7. The summed E-state index contributed by atoms with van der Waals surface area (Å²) in [5.41, 5.74) is -1.23. The highest BCUT2D eigenvalue weighted by Crippen LogP contribution is 2.31. The lowest BCUT2D eigenvalue weighted by Gasteiger charge is -2.13. The maximum atomic E-state index is 12.6. The highest BCUT2D eigenvalue weighted by Gasteiger charge is 2.31. The number of carboxylic acids is 1. The molecule has 0 radical (unpaired) electrons. The molecule has 0 aliphatic carbocycles. The minimum Gasteiger partial charge on any atom is -0.478 e. The van der Waals surface area contributed by atoms with Crippen molar-refractivity contribution in [2.45, 2.75) is 25.9 Å². The van der Waals surface area contributed by atoms with E-state index in [-0.39, 0.29) is 18.2 Å². The number of hydrogen-bond donors (Lipinski definition) is 3. The highest BCUT2D eigenvalue weighted by atomic mass is 19.4. The zero-order valence-electron chi connectivity index (χ0n) is 11.6. The first-order valence-electron chi connectivity index (χ1n) is 6.55. The Morgan fingerprint density at radius 1 is 1.38 bits per heavy atom. The van der Waals surface area contributed by atoms with Crippen LogP contribution in [0.25, 0.3) is 0 Å². The number of aliphatic hydroxyl groups excluding tert-OH is 1. The molecule has 0 fully saturated rings. The Hall–Kier alpha value is -1.76. The van der Waals surface area contributed by atoms with Gasteiger partial charge in [-0.2, -0.15) is 13.2 Å². The normalized spacial score (nSPS) is 13.0. The number of halogens is 3. The number of alkyl halides is 3. The summed E-state index contributed by atoms with van der Waals surface area (Å²) >= 11 is 0. The van der Waals surface area contributed by atoms with E-state index in [4.69, 9.17) is 10.2 Å². The largest absolute Gasteiger partial charge is 0.478 e. The number of benzene rings is 1. The van der Waals surface area contributed by atoms with Crippen LogP contribution in [0, 0.1) is 5.92 Å². The van der Waals surface area contributed by atoms with Crippen LogP contribution in [-0.4, -0.2) is 29.3 Å². The molecule has 4 nitrogen and oxygen atoms in total. The van der Waals surface area contributed by atoms with Crippen molar-refractivity contribution < 1.29 is 28.2 Å². The van der Waals surface area contributed by atoms with Gasteiger partial charge in [0.1, 0.15) is 0 Å². The first kappa shape index (κ1) is 17.3. The van der Waals surface area contributed by atoms with Crippen LogP contribution in [0.15, 0.2) is 18.2 Å². The van der Waals surface area contributed by atoms with E-state index >= 15 is 0 Å². The molecule has 1 rings (SSSR count). The predicted molar refractivity (Wildman–Crippen MR) is 72.4 cm³/mol. The Labute approximate surface area is 120 Å². The SMILES string of the molecule is CC(CO)CCCNc1ccc(C(F)(F)F)cc1C(=O)O. The van der Waals surface area contributed by atoms with Gasteiger partial charge in [0.25, 0.3) is 0 Å². The van der Waals surface area contributed by atoms with Crippen LogP contribution >= 0.6 is 0 Å². The van der Waals surface area contributed by atoms with Crippen molar-refractivity contribution in [2.24, 2.45) is 5.92 Å². The third kappa shape index (κ3) is 5.26. The van der Waals surface area contributed by atoms with E-state index in [9.17, 15) is 18.0 Å². The molecule has 0 spiro atoms. The molecule has 118 valence electrons. The van der Waals surface area contributed by atoms with E-state index in [2.05, 4.69) is 5.32 Å². The van der Waals surface area contributed by atoms with Crippen molar-refractivity contribution in [2.75, 3.05) is 18.5 Å². The van der Waals surface area contributed by atoms with Crippen molar-refractivity contribution in [1.82, 2.24) is 0 Å². The van der Waals surface area contributed by atoms with Gasteiger partial charge in [0.05, 0.1) is 11.1 Å². The van der Waals surface area contributed by atoms with Gasteiger partial charge < -0.3 is 15.5 Å². The van der Waals surface area contributed by atoms with Crippen molar-refractivity contribution in [3.05, 3.63) is 29.3 Å². The number of hydrogen-bond acceptors (Lipinski definition) is 3. The monoisotopic (exact) mass is 305 g/mol. The first-order valence-corrected chi connectivity index (χ1v) is 6.55. The molecule has 0 aliphatic rings. The van der Waals surface area contributed by atoms with Gasteiger partial charge in [-0.25, -0.2) is 4.79 Å². The maximum absolute atomic E-state index is 12.6. The lowest BCUT2D eigenvalue weighted by atomic mass is 10.1. The van der Waals surface area contributed by atoms with Gasteiger partial charge in [-0.1, -0.05) is 6.92 Å². The number of carboxylic acid groups (broad SMARTS) is 1. The lowest BCUT2D eigenvalue weighted by molar-refractivity contribution is -0.137. The van der Waals surface area contributed by atoms with E-state index in [1.165, 1.54) is 0 Å². The summed E-state index contributed by atoms with van der Waals surface area (Å²) in [6, 6.07) is 2.61. The summed E-state index contributed by atoms with van der Waals surface area (Å²) in [5, 5.41) is 20.7. The second kappa shape index (κ2) is 7.31. The Morgan fingerprint density at radius 3 is 2.57 bits per heavy atom. The van der Waals surface area contributed by atoms with Gasteiger partial charge >= 0.3 is 12.1 Å². The molecule has 0 amide bonds. The molecule has 0 bridgehead atoms. The second-order valence-corrected chi connectivity index (χ2v) is 4.92. The smallest absolute Gasteiger partial charge is 0.416 e. The minimum atomic E-state index is -4.57. The molecule has 0 heterocycles. The summed E-state index contributed by atoms with van der Waals surface area (Å²) in [6.45, 7) is 2.37. The van der Waals surface area contributed by atoms with Crippen LogP contribution in [0.2, 0.25) is 0 Å². The zero-order valence-corrected chi connectivity index (χ0v) is 11.6. The van der Waals surface area contributed by atoms with Crippen molar-refractivity contribution in [3.63, 3.8) is 0 Å². The zero-order chi connectivity index (χ0) is 16.0. The average Bonchev–Trinajstić information content (AvgIpc) is 2.41. The van der Waals surface area contributed by atoms with Gasteiger partial charge in [0.15, 0.2) is 0 Å². The standard InChI is InChI=1S/C14H18F3NO3/c1-9(8-19)3-2-6-18-12-5-4-10(14(15,16)17)7-11(12)13(20)21/h4-5,7,9,18-19H,2-3,6,8H2,1H3,(H,20,21). The summed E-state index contributed by atoms with van der Waals surface area (Å²) in [5.74, 6) is -1.27. The van der Waals surface area contributed by atoms with Crippen molar-refractivity contribution in [3.8, 4) is 0 Å². The third-order valence-corrected chi connectivity index (χ3v) is 3.08. The Kier molecular flexibility index (Phi) is 6.02. The molecule has 21 heavy (non-hydrogen) atoms. The number of aromatic carboxylic acids is 1. The fourth-order valence-corrected chi connectivity index (χ4v) is 1.82. The molecule has 1 aromatic carbocycles. The van der Waals surface area contributed by atoms with Gasteiger partial charge in [0, 0.05) is 18.8 Å². The molecule has 3 N–H and O–H groups in total. The van der Waals surface area contributed by atoms with Crippen LogP contribution < -0.4 is 5.32 Å². The van der Waals surface area contributed by atoms with Crippen LogP contribution in [0.4, 0.5) is 18.9 Å². The van der Waals surface area contributed by atoms with E-state index in [0.717, 1.165) is 18.6 Å². The topological polar surface area (TPSA) is 69.6 Å². The van der Waals surface area contributed by atoms with Gasteiger partial charge in [-0.15, -0.1) is 0 Å². The molecule has 0 saturated carbocycles. The highest BCUT2D eigenvalue weighted by molar-refractivity contribution is 5.94. The summed E-state index contributed by atoms with van der Waals surface area (Å²) in [4.78, 5) is 11.0. The number of anilines is 1. The third-order valence-electron chi connectivity index (χ3n) is 3.08. The number of aliphatic hydroxyl groups is 1. The number of nitrogens with one attached hydrogen (secondary N) is 1. The van der Waals surface area contributed by atoms with Crippen molar-refractivity contribution >= 4 is 11.7 Å². The van der Waals surface area contributed by atoms with Crippen LogP contribution in [0.1, 0.15) is 35.7 Å². The molecule has 0 saturated heterocycles. The Bertz CT molecular complexity index is 489. The maximum Gasteiger partial charge on any atom is 0.416 e. The predicted octanol–water partition coefficient (Wildman–Crippen LogP) is 3.22. The molecule has 1 aromatic rings. The van der Waals surface area contributed by atoms with Crippen molar-refractivity contribution in [1.29, 1.82) is 0 Å². The van der Waals surface area contributed by atoms with E-state index in [1.54, 1.807) is 0 Å². The molecule has 7 heteroatoms. The quantitative estimate of drug-likeness (QED) is 0.677. The summed E-state index contributed by atoms with van der Waals surface area (Å²) in [7, 11) is 0. The van der Waals surface area contributed by atoms with Crippen LogP contribution in [-0.2, 0) is 6.18 Å². The first-order chi connectivity index (χ1) is 9.75. The average molecular weight is 305 g/mol. The van der Waals surface area contributed by atoms with E-state index in [1.807, 2.05) is 6.92 Å². The Balaban J connectivity index is 2.76. The van der Waals surface area contributed by atoms with Gasteiger partial charge in [-0.05, 0) is 37.0 Å². The van der Waals surface area contributed by atoms with Crippen LogP contribution in [0.5, 0.6) is 0 Å². The molecule has 1 unspecified atom stereocenters. The molecule has 0 aromatic heterocycles. The molecule has 0 aliphatic heterocycles. The lowest BCUT2D eigenvalue weighted by Crippen LogP contribution is -2.12. The Morgan fingerprint density at radius 2 is 2.05 bits per heavy atom. The summed E-state index contributed by atoms with van der Waals surface area (Å²) < 4.78 is 37.7. The van der Waals surface area contributed by atoms with Crippen LogP contribution in [0.3, 0.4) is 0 Å². The molecular weight excluding hydrogens is 287 g/mol. The molecule has 1 atom stereocenters. The number of carbonyl (C=O) groups is 1. The van der Waals surface area contributed by atoms with E-state index < -0.39 is 23.3 Å². The van der Waals surface area contributed by atoms with Gasteiger partial charge in [0.2, 0.25) is 0 Å². The minimum absolute atomic E-state index is 0.0701. The van der Waals surface area contributed by atoms with E-state index in [0.29, 0.717) is 19.0 Å².